The molecule has 1 rings (SSSR count). The second kappa shape index (κ2) is 3.59. The van der Waals surface area contributed by atoms with Crippen molar-refractivity contribution in [3.05, 3.63) is 35.4 Å². The first-order chi connectivity index (χ1) is 6.23. The third kappa shape index (κ3) is 2.51. The first kappa shape index (κ1) is 11.6. The van der Waals surface area contributed by atoms with Crippen LogP contribution >= 0.6 is 23.2 Å². The molecule has 6 heteroatoms. The van der Waals surface area contributed by atoms with Crippen LogP contribution in [0.1, 0.15) is 11.1 Å². The van der Waals surface area contributed by atoms with Crippen molar-refractivity contribution in [3.8, 4) is 0 Å². The Bertz CT molecular complexity index is 294. The third-order valence-electron chi connectivity index (χ3n) is 1.54. The average molecular weight is 247 g/mol. The van der Waals surface area contributed by atoms with E-state index in [9.17, 15) is 17.6 Å². The van der Waals surface area contributed by atoms with Gasteiger partial charge in [0, 0.05) is 5.56 Å². The topological polar surface area (TPSA) is 0 Å². The summed E-state index contributed by atoms with van der Waals surface area (Å²) in [6, 6.07) is 3.97. The van der Waals surface area contributed by atoms with E-state index in [0.717, 1.165) is 12.1 Å². The van der Waals surface area contributed by atoms with Crippen LogP contribution in [-0.4, -0.2) is 0 Å². The van der Waals surface area contributed by atoms with Gasteiger partial charge < -0.3 is 0 Å². The fourth-order valence-electron chi connectivity index (χ4n) is 0.978. The predicted molar refractivity (Wildman–Crippen MR) is 45.9 cm³/mol. The molecule has 0 heterocycles. The predicted octanol–water partition coefficient (Wildman–Crippen LogP) is 4.26. The van der Waals surface area contributed by atoms with Gasteiger partial charge in [-0.3, -0.25) is 0 Å². The Labute approximate surface area is 87.4 Å². The highest BCUT2D eigenvalue weighted by atomic mass is 35.5. The van der Waals surface area contributed by atoms with Crippen molar-refractivity contribution in [2.24, 2.45) is 0 Å². The molecule has 1 aromatic rings. The van der Waals surface area contributed by atoms with E-state index in [1.54, 1.807) is 0 Å². The minimum Gasteiger partial charge on any atom is -0.203 e. The summed E-state index contributed by atoms with van der Waals surface area (Å²) in [5.41, 5.74) is -1.97. The van der Waals surface area contributed by atoms with Crippen molar-refractivity contribution >= 4 is 23.2 Å². The zero-order valence-electron chi connectivity index (χ0n) is 6.58. The maximum atomic E-state index is 12.9. The Kier molecular flexibility index (Phi) is 2.97. The Morgan fingerprint density at radius 1 is 0.857 bits per heavy atom. The van der Waals surface area contributed by atoms with Crippen LogP contribution in [0.5, 0.6) is 0 Å². The summed E-state index contributed by atoms with van der Waals surface area (Å²) in [5.74, 6) is 0. The van der Waals surface area contributed by atoms with E-state index in [2.05, 4.69) is 0 Å². The van der Waals surface area contributed by atoms with E-state index >= 15 is 0 Å². The quantitative estimate of drug-likeness (QED) is 0.513. The number of rotatable bonds is 1. The molecule has 78 valence electrons. The van der Waals surface area contributed by atoms with Crippen molar-refractivity contribution in [1.82, 2.24) is 0 Å². The smallest absolute Gasteiger partial charge is 0.203 e. The van der Waals surface area contributed by atoms with Crippen molar-refractivity contribution in [2.45, 2.75) is 10.8 Å². The van der Waals surface area contributed by atoms with Gasteiger partial charge in [-0.2, -0.15) is 13.2 Å². The van der Waals surface area contributed by atoms with Crippen LogP contribution in [0.15, 0.2) is 24.3 Å². The molecule has 0 spiro atoms. The molecular weight excluding hydrogens is 243 g/mol. The van der Waals surface area contributed by atoms with E-state index in [1.165, 1.54) is 6.07 Å². The van der Waals surface area contributed by atoms with E-state index in [0.29, 0.717) is 6.07 Å². The highest BCUT2D eigenvalue weighted by Crippen LogP contribution is 2.42. The van der Waals surface area contributed by atoms with Gasteiger partial charge in [0.1, 0.15) is 0 Å². The SMILES string of the molecule is FC(F)(F)c1ccccc1C(F)(Cl)Cl. The van der Waals surface area contributed by atoms with Gasteiger partial charge in [-0.05, 0) is 6.07 Å². The normalized spacial score (nSPS) is 13.0. The van der Waals surface area contributed by atoms with E-state index in [-0.39, 0.29) is 0 Å². The lowest BCUT2D eigenvalue weighted by molar-refractivity contribution is -0.138. The molecule has 0 unspecified atom stereocenters. The second-order valence-corrected chi connectivity index (χ2v) is 3.78. The summed E-state index contributed by atoms with van der Waals surface area (Å²) in [6.45, 7) is 0. The van der Waals surface area contributed by atoms with Gasteiger partial charge >= 0.3 is 6.18 Å². The van der Waals surface area contributed by atoms with Crippen LogP contribution in [0, 0.1) is 0 Å². The maximum Gasteiger partial charge on any atom is 0.416 e. The van der Waals surface area contributed by atoms with Crippen LogP contribution in [0.25, 0.3) is 0 Å². The summed E-state index contributed by atoms with van der Waals surface area (Å²) < 4.78 is 46.8. The Hall–Kier alpha value is -0.480. The van der Waals surface area contributed by atoms with Crippen LogP contribution < -0.4 is 0 Å². The molecular formula is C8H4Cl2F4. The second-order valence-electron chi connectivity index (χ2n) is 2.54. The lowest BCUT2D eigenvalue weighted by Crippen LogP contribution is -2.14. The average Bonchev–Trinajstić information content (AvgIpc) is 2.01. The summed E-state index contributed by atoms with van der Waals surface area (Å²) >= 11 is 9.94. The summed E-state index contributed by atoms with van der Waals surface area (Å²) in [4.78, 5) is 0. The number of alkyl halides is 6. The van der Waals surface area contributed by atoms with Crippen LogP contribution in [0.2, 0.25) is 0 Å². The molecule has 0 N–H and O–H groups in total. The third-order valence-corrected chi connectivity index (χ3v) is 1.95. The summed E-state index contributed by atoms with van der Waals surface area (Å²) in [6.07, 6.45) is -4.67. The first-order valence-corrected chi connectivity index (χ1v) is 4.22. The van der Waals surface area contributed by atoms with E-state index in [1.807, 2.05) is 0 Å². The first-order valence-electron chi connectivity index (χ1n) is 3.46. The Balaban J connectivity index is 3.31. The number of benzene rings is 1. The van der Waals surface area contributed by atoms with Crippen molar-refractivity contribution in [1.29, 1.82) is 0 Å². The van der Waals surface area contributed by atoms with Crippen LogP contribution in [-0.2, 0) is 10.8 Å². The molecule has 0 aromatic heterocycles. The molecule has 0 atom stereocenters. The molecule has 0 aliphatic carbocycles. The van der Waals surface area contributed by atoms with Gasteiger partial charge in [0.05, 0.1) is 5.56 Å². The molecule has 0 saturated carbocycles. The zero-order chi connectivity index (χ0) is 11.0. The number of hydrogen-bond acceptors (Lipinski definition) is 0. The highest BCUT2D eigenvalue weighted by molar-refractivity contribution is 6.46. The Morgan fingerprint density at radius 2 is 1.29 bits per heavy atom. The zero-order valence-corrected chi connectivity index (χ0v) is 8.09. The standard InChI is InChI=1S/C8H4Cl2F4/c9-7(10,11)5-3-1-2-4-6(5)8(12,13)14/h1-4H. The van der Waals surface area contributed by atoms with E-state index in [4.69, 9.17) is 23.2 Å². The minimum atomic E-state index is -4.67. The van der Waals surface area contributed by atoms with Crippen LogP contribution in [0.4, 0.5) is 17.6 Å². The molecule has 0 bridgehead atoms. The molecule has 14 heavy (non-hydrogen) atoms. The van der Waals surface area contributed by atoms with Gasteiger partial charge in [-0.1, -0.05) is 41.4 Å². The lowest BCUT2D eigenvalue weighted by Gasteiger charge is -2.16. The minimum absolute atomic E-state index is 0.717. The molecule has 0 nitrogen and oxygen atoms in total. The van der Waals surface area contributed by atoms with Crippen molar-refractivity contribution in [3.63, 3.8) is 0 Å². The van der Waals surface area contributed by atoms with E-state index < -0.39 is 21.9 Å². The summed E-state index contributed by atoms with van der Waals surface area (Å²) in [7, 11) is 0. The van der Waals surface area contributed by atoms with Gasteiger partial charge in [0.25, 0.3) is 4.59 Å². The van der Waals surface area contributed by atoms with Crippen molar-refractivity contribution in [2.75, 3.05) is 0 Å². The van der Waals surface area contributed by atoms with Gasteiger partial charge in [0.2, 0.25) is 0 Å². The van der Waals surface area contributed by atoms with Crippen molar-refractivity contribution < 1.29 is 17.6 Å². The molecule has 1 aromatic carbocycles. The monoisotopic (exact) mass is 246 g/mol. The fourth-order valence-corrected chi connectivity index (χ4v) is 1.31. The molecule has 0 fully saturated rings. The van der Waals surface area contributed by atoms with Gasteiger partial charge in [-0.25, -0.2) is 4.39 Å². The van der Waals surface area contributed by atoms with Gasteiger partial charge in [-0.15, -0.1) is 0 Å². The maximum absolute atomic E-state index is 12.9. The van der Waals surface area contributed by atoms with Gasteiger partial charge in [0.15, 0.2) is 0 Å². The molecule has 0 amide bonds. The molecule has 0 radical (unpaired) electrons. The van der Waals surface area contributed by atoms with Crippen LogP contribution in [0.3, 0.4) is 0 Å². The Morgan fingerprint density at radius 3 is 1.57 bits per heavy atom. The fraction of sp³-hybridized carbons (Fsp3) is 0.250. The lowest BCUT2D eigenvalue weighted by atomic mass is 10.1. The number of hydrogen-bond donors (Lipinski definition) is 0. The summed E-state index contributed by atoms with van der Waals surface area (Å²) in [5, 5.41) is 0. The highest BCUT2D eigenvalue weighted by Gasteiger charge is 2.39. The number of halogens is 6. The molecule has 0 saturated heterocycles. The largest absolute Gasteiger partial charge is 0.416 e. The molecule has 0 aliphatic heterocycles. The molecule has 0 aliphatic rings.